The molecule has 37 heavy (non-hydrogen) atoms. The molecule has 2 aromatic heterocycles. The largest absolute Gasteiger partial charge is 0.433 e. The van der Waals surface area contributed by atoms with Gasteiger partial charge in [0.15, 0.2) is 0 Å². The smallest absolute Gasteiger partial charge is 0.349 e. The van der Waals surface area contributed by atoms with Crippen LogP contribution < -0.4 is 5.32 Å². The van der Waals surface area contributed by atoms with E-state index in [0.29, 0.717) is 0 Å². The number of hydrogen-bond acceptors (Lipinski definition) is 6. The molecule has 14 heteroatoms. The van der Waals surface area contributed by atoms with Crippen molar-refractivity contribution in [2.75, 3.05) is 0 Å². The molecule has 1 fully saturated rings. The van der Waals surface area contributed by atoms with Crippen molar-refractivity contribution >= 4 is 15.9 Å². The lowest BCUT2D eigenvalue weighted by Crippen LogP contribution is -2.48. The fourth-order valence-electron chi connectivity index (χ4n) is 3.96. The predicted molar refractivity (Wildman–Crippen MR) is 120 cm³/mol. The van der Waals surface area contributed by atoms with Gasteiger partial charge in [-0.05, 0) is 49.4 Å². The van der Waals surface area contributed by atoms with Crippen LogP contribution in [0.5, 0.6) is 0 Å². The lowest BCUT2D eigenvalue weighted by molar-refractivity contribution is -0.141. The van der Waals surface area contributed by atoms with Gasteiger partial charge in [-0.2, -0.15) is 17.5 Å². The minimum Gasteiger partial charge on any atom is -0.349 e. The minimum absolute atomic E-state index is 0.186. The Morgan fingerprint density at radius 1 is 1.11 bits per heavy atom. The lowest BCUT2D eigenvalue weighted by atomic mass is 10.1. The second-order valence-corrected chi connectivity index (χ2v) is 10.2. The maximum absolute atomic E-state index is 14.6. The van der Waals surface area contributed by atoms with Crippen LogP contribution in [0.15, 0.2) is 59.9 Å². The van der Waals surface area contributed by atoms with E-state index in [-0.39, 0.29) is 34.8 Å². The number of hydrogen-bond donors (Lipinski definition) is 1. The number of rotatable bonds is 6. The van der Waals surface area contributed by atoms with Crippen LogP contribution in [0.1, 0.15) is 24.7 Å². The number of pyridine rings is 1. The second-order valence-electron chi connectivity index (χ2n) is 8.34. The van der Waals surface area contributed by atoms with Gasteiger partial charge in [0.2, 0.25) is 15.9 Å². The number of halogens is 5. The minimum atomic E-state index is -4.59. The van der Waals surface area contributed by atoms with Gasteiger partial charge >= 0.3 is 6.18 Å². The number of carbonyl (C=O) groups is 1. The molecule has 1 aliphatic heterocycles. The predicted octanol–water partition coefficient (Wildman–Crippen LogP) is 3.50. The first-order valence-electron chi connectivity index (χ1n) is 10.9. The normalized spacial score (nSPS) is 20.6. The Kier molecular flexibility index (Phi) is 7.24. The van der Waals surface area contributed by atoms with Crippen LogP contribution in [-0.4, -0.2) is 51.8 Å². The number of benzene rings is 1. The molecule has 1 amide bonds. The zero-order valence-corrected chi connectivity index (χ0v) is 20.0. The lowest BCUT2D eigenvalue weighted by Gasteiger charge is -2.26. The molecule has 1 aromatic carbocycles. The van der Waals surface area contributed by atoms with Crippen LogP contribution in [0, 0.1) is 5.82 Å². The summed E-state index contributed by atoms with van der Waals surface area (Å²) in [6, 6.07) is 4.91. The highest BCUT2D eigenvalue weighted by molar-refractivity contribution is 7.89. The molecule has 1 aliphatic rings. The van der Waals surface area contributed by atoms with Crippen LogP contribution in [0.4, 0.5) is 22.0 Å². The van der Waals surface area contributed by atoms with Crippen molar-refractivity contribution in [1.82, 2.24) is 24.6 Å². The van der Waals surface area contributed by atoms with Gasteiger partial charge < -0.3 is 5.32 Å². The van der Waals surface area contributed by atoms with Gasteiger partial charge in [-0.1, -0.05) is 0 Å². The van der Waals surface area contributed by atoms with Crippen molar-refractivity contribution in [2.24, 2.45) is 0 Å². The van der Waals surface area contributed by atoms with Gasteiger partial charge in [0, 0.05) is 18.2 Å². The molecule has 1 N–H and O–H groups in total. The standard InChI is InChI=1S/C23H20F5N5O3S/c1-13-18(25)9-20(33(13)37(35,36)17-5-3-15(24)4-6-17)22(34)30-11-16-8-19(32-12-31-16)14-2-7-21(29-10-14)23(26,27)28/h2-8,10,12-13,18,20H,9,11H2,1H3,(H,30,34)/t13-,18+,20-/m0/s1. The van der Waals surface area contributed by atoms with E-state index in [9.17, 15) is 35.2 Å². The quantitative estimate of drug-likeness (QED) is 0.479. The van der Waals surface area contributed by atoms with E-state index in [1.165, 1.54) is 19.1 Å². The summed E-state index contributed by atoms with van der Waals surface area (Å²) in [6.45, 7) is 1.16. The molecule has 8 nitrogen and oxygen atoms in total. The third-order valence-corrected chi connectivity index (χ3v) is 7.90. The van der Waals surface area contributed by atoms with E-state index in [0.717, 1.165) is 47.2 Å². The van der Waals surface area contributed by atoms with Crippen molar-refractivity contribution in [3.05, 3.63) is 72.2 Å². The van der Waals surface area contributed by atoms with Gasteiger partial charge in [-0.15, -0.1) is 0 Å². The third-order valence-electron chi connectivity index (χ3n) is 5.89. The first kappa shape index (κ1) is 26.5. The average Bonchev–Trinajstić information content (AvgIpc) is 3.17. The van der Waals surface area contributed by atoms with Crippen LogP contribution in [0.3, 0.4) is 0 Å². The molecule has 0 aliphatic carbocycles. The zero-order valence-electron chi connectivity index (χ0n) is 19.2. The van der Waals surface area contributed by atoms with E-state index < -0.39 is 51.9 Å². The summed E-state index contributed by atoms with van der Waals surface area (Å²) in [6.07, 6.45) is -4.42. The summed E-state index contributed by atoms with van der Waals surface area (Å²) in [5, 5.41) is 2.53. The van der Waals surface area contributed by atoms with Crippen molar-refractivity contribution in [2.45, 2.75) is 49.2 Å². The molecule has 3 aromatic rings. The fraction of sp³-hybridized carbons (Fsp3) is 0.304. The molecule has 4 rings (SSSR count). The first-order valence-corrected chi connectivity index (χ1v) is 12.4. The first-order chi connectivity index (χ1) is 17.4. The Morgan fingerprint density at radius 2 is 1.81 bits per heavy atom. The van der Waals surface area contributed by atoms with Crippen molar-refractivity contribution < 1.29 is 35.2 Å². The van der Waals surface area contributed by atoms with Gasteiger partial charge in [0.25, 0.3) is 0 Å². The highest BCUT2D eigenvalue weighted by Crippen LogP contribution is 2.33. The van der Waals surface area contributed by atoms with E-state index in [1.807, 2.05) is 0 Å². The number of carbonyl (C=O) groups excluding carboxylic acids is 1. The summed E-state index contributed by atoms with van der Waals surface area (Å²) < 4.78 is 93.1. The van der Waals surface area contributed by atoms with Crippen molar-refractivity contribution in [1.29, 1.82) is 0 Å². The zero-order chi connectivity index (χ0) is 27.0. The number of nitrogens with zero attached hydrogens (tertiary/aromatic N) is 4. The fourth-order valence-corrected chi connectivity index (χ4v) is 5.77. The number of amides is 1. The maximum Gasteiger partial charge on any atom is 0.433 e. The van der Waals surface area contributed by atoms with Gasteiger partial charge in [-0.3, -0.25) is 9.78 Å². The maximum atomic E-state index is 14.6. The van der Waals surface area contributed by atoms with Gasteiger partial charge in [-0.25, -0.2) is 27.2 Å². The molecule has 196 valence electrons. The average molecular weight is 542 g/mol. The summed E-state index contributed by atoms with van der Waals surface area (Å²) in [5.41, 5.74) is -0.257. The summed E-state index contributed by atoms with van der Waals surface area (Å²) >= 11 is 0. The molecule has 0 spiro atoms. The molecule has 1 saturated heterocycles. The van der Waals surface area contributed by atoms with Crippen LogP contribution in [-0.2, 0) is 27.5 Å². The molecule has 0 radical (unpaired) electrons. The van der Waals surface area contributed by atoms with E-state index >= 15 is 0 Å². The summed E-state index contributed by atoms with van der Waals surface area (Å²) in [7, 11) is -4.32. The number of aromatic nitrogens is 3. The van der Waals surface area contributed by atoms with Crippen LogP contribution in [0.25, 0.3) is 11.3 Å². The van der Waals surface area contributed by atoms with E-state index in [4.69, 9.17) is 0 Å². The second kappa shape index (κ2) is 10.1. The van der Waals surface area contributed by atoms with Crippen molar-refractivity contribution in [3.8, 4) is 11.3 Å². The summed E-state index contributed by atoms with van der Waals surface area (Å²) in [4.78, 5) is 24.0. The molecule has 3 heterocycles. The van der Waals surface area contributed by atoms with Crippen LogP contribution >= 0.6 is 0 Å². The molecule has 0 unspecified atom stereocenters. The molecular formula is C23H20F5N5O3S. The highest BCUT2D eigenvalue weighted by atomic mass is 32.2. The van der Waals surface area contributed by atoms with Gasteiger partial charge in [0.05, 0.1) is 28.9 Å². The summed E-state index contributed by atoms with van der Waals surface area (Å²) in [5.74, 6) is -1.42. The van der Waals surface area contributed by atoms with E-state index in [2.05, 4.69) is 20.3 Å². The Morgan fingerprint density at radius 3 is 2.43 bits per heavy atom. The van der Waals surface area contributed by atoms with Crippen molar-refractivity contribution in [3.63, 3.8) is 0 Å². The Balaban J connectivity index is 1.49. The van der Waals surface area contributed by atoms with Crippen LogP contribution in [0.2, 0.25) is 0 Å². The topological polar surface area (TPSA) is 105 Å². The number of nitrogens with one attached hydrogen (secondary N) is 1. The molecule has 3 atom stereocenters. The Hall–Kier alpha value is -3.52. The molecular weight excluding hydrogens is 521 g/mol. The Labute approximate surface area is 208 Å². The van der Waals surface area contributed by atoms with E-state index in [1.54, 1.807) is 0 Å². The van der Waals surface area contributed by atoms with Gasteiger partial charge in [0.1, 0.15) is 30.1 Å². The molecule has 0 saturated carbocycles. The SMILES string of the molecule is C[C@H]1[C@H](F)C[C@@H](C(=O)NCc2cc(-c3ccc(C(F)(F)F)nc3)ncn2)N1S(=O)(=O)c1ccc(F)cc1. The Bertz CT molecular complexity index is 1390. The highest BCUT2D eigenvalue weighted by Gasteiger charge is 2.49. The number of sulfonamides is 1. The third kappa shape index (κ3) is 5.59. The monoisotopic (exact) mass is 541 g/mol. The number of alkyl halides is 4. The molecule has 0 bridgehead atoms.